The van der Waals surface area contributed by atoms with Gasteiger partial charge in [0, 0.05) is 0 Å². The van der Waals surface area contributed by atoms with Gasteiger partial charge in [-0.2, -0.15) is 0 Å². The van der Waals surface area contributed by atoms with Gasteiger partial charge in [0.05, 0.1) is 0 Å². The molecule has 0 aromatic heterocycles. The quantitative estimate of drug-likeness (QED) is 0.678. The molecule has 0 aromatic carbocycles. The van der Waals surface area contributed by atoms with Gasteiger partial charge in [0.15, 0.2) is 0 Å². The van der Waals surface area contributed by atoms with Gasteiger partial charge in [-0.15, -0.1) is 0 Å². The van der Waals surface area contributed by atoms with Crippen LogP contribution in [0, 0.1) is 0 Å². The van der Waals surface area contributed by atoms with Crippen LogP contribution in [0.2, 0.25) is 9.36 Å². The van der Waals surface area contributed by atoms with Crippen LogP contribution in [0.25, 0.3) is 0 Å². The van der Waals surface area contributed by atoms with E-state index in [1.807, 2.05) is 0 Å². The van der Waals surface area contributed by atoms with E-state index in [2.05, 4.69) is 1.58 Å². The van der Waals surface area contributed by atoms with Crippen molar-refractivity contribution in [3.05, 3.63) is 0 Å². The molecule has 0 radical (unpaired) electrons. The molecule has 0 aromatic rings. The van der Waals surface area contributed by atoms with E-state index >= 15 is 0 Å². The van der Waals surface area contributed by atoms with E-state index in [-0.39, 0.29) is 0 Å². The van der Waals surface area contributed by atoms with E-state index in [9.17, 15) is 10.4 Å². The Kier molecular flexibility index (Phi) is 3.51. The van der Waals surface area contributed by atoms with Crippen molar-refractivity contribution < 1.29 is 27.8 Å². The molecule has 6 heteroatoms. The van der Waals surface area contributed by atoms with Crippen molar-refractivity contribution in [2.45, 2.75) is 9.36 Å². The Labute approximate surface area is 58.7 Å². The van der Waals surface area contributed by atoms with Gasteiger partial charge in [0.2, 0.25) is 0 Å². The monoisotopic (exact) mass is 396 g/mol. The molecule has 0 saturated carbocycles. The fraction of sp³-hybridized carbons (Fsp3) is 1.00. The van der Waals surface area contributed by atoms with Crippen LogP contribution in [0.15, 0.2) is 0 Å². The third-order valence-electron chi connectivity index (χ3n) is 0.287. The van der Waals surface area contributed by atoms with Crippen molar-refractivity contribution in [3.63, 3.8) is 0 Å². The molecule has 8 heavy (non-hydrogen) atoms. The molecule has 0 aliphatic heterocycles. The fourth-order valence-corrected chi connectivity index (χ4v) is 12.0. The van der Waals surface area contributed by atoms with Crippen LogP contribution >= 0.6 is 0 Å². The summed E-state index contributed by atoms with van der Waals surface area (Å²) in [5.41, 5.74) is 0. The second-order valence-corrected chi connectivity index (χ2v) is 15.0. The summed E-state index contributed by atoms with van der Waals surface area (Å²) in [5, 5.41) is 0. The molecular formula is C2H6InO4Re. The van der Waals surface area contributed by atoms with E-state index < -0.39 is 37.7 Å². The van der Waals surface area contributed by atoms with Crippen LogP contribution in [-0.2, 0) is 27.8 Å². The van der Waals surface area contributed by atoms with Crippen molar-refractivity contribution in [1.29, 1.82) is 0 Å². The topological polar surface area (TPSA) is 60.4 Å². The van der Waals surface area contributed by atoms with Crippen LogP contribution in [0.1, 0.15) is 0 Å². The van der Waals surface area contributed by atoms with E-state index in [1.54, 1.807) is 9.36 Å². The zero-order chi connectivity index (χ0) is 6.78. The molecule has 0 rings (SSSR count). The first-order valence-electron chi connectivity index (χ1n) is 2.01. The molecule has 0 aliphatic carbocycles. The zero-order valence-corrected chi connectivity index (χ0v) is 10.6. The molecule has 0 N–H and O–H groups in total. The molecule has 0 aliphatic rings. The van der Waals surface area contributed by atoms with E-state index in [4.69, 9.17) is 0 Å². The summed E-state index contributed by atoms with van der Waals surface area (Å²) in [5.74, 6) is 0. The first-order chi connectivity index (χ1) is 3.42. The van der Waals surface area contributed by atoms with Crippen molar-refractivity contribution in [1.82, 2.24) is 0 Å². The van der Waals surface area contributed by atoms with Crippen molar-refractivity contribution in [2.24, 2.45) is 0 Å². The second kappa shape index (κ2) is 3.16. The first-order valence-corrected chi connectivity index (χ1v) is 14.4. The van der Waals surface area contributed by atoms with E-state index in [1.165, 1.54) is 0 Å². The van der Waals surface area contributed by atoms with Crippen LogP contribution < -0.4 is 0 Å². The standard InChI is InChI=1S/2CH3.In.4O.Re/h2*1H3;;;;;;. The zero-order valence-electron chi connectivity index (χ0n) is 4.59. The summed E-state index contributed by atoms with van der Waals surface area (Å²) in [4.78, 5) is 0. The summed E-state index contributed by atoms with van der Waals surface area (Å²) in [6, 6.07) is 0. The van der Waals surface area contributed by atoms with Gasteiger partial charge in [-0.1, -0.05) is 0 Å². The Morgan fingerprint density at radius 3 is 1.62 bits per heavy atom. The van der Waals surface area contributed by atoms with E-state index in [0.717, 1.165) is 0 Å². The van der Waals surface area contributed by atoms with Crippen LogP contribution in [0.4, 0.5) is 0 Å². The van der Waals surface area contributed by atoms with Gasteiger partial charge in [-0.25, -0.2) is 0 Å². The average molecular weight is 395 g/mol. The number of hydrogen-bond acceptors (Lipinski definition) is 4. The molecular weight excluding hydrogens is 389 g/mol. The third kappa shape index (κ3) is 6.89. The van der Waals surface area contributed by atoms with Crippen LogP contribution in [-0.4, -0.2) is 21.9 Å². The summed E-state index contributed by atoms with van der Waals surface area (Å²) >= 11 is -7.66. The molecule has 0 bridgehead atoms. The van der Waals surface area contributed by atoms with Gasteiger partial charge in [0.1, 0.15) is 0 Å². The molecule has 4 nitrogen and oxygen atoms in total. The van der Waals surface area contributed by atoms with E-state index in [0.29, 0.717) is 0 Å². The number of rotatable bonds is 2. The van der Waals surface area contributed by atoms with Gasteiger partial charge >= 0.3 is 59.0 Å². The fourth-order valence-electron chi connectivity index (χ4n) is 0.218. The Morgan fingerprint density at radius 1 is 1.25 bits per heavy atom. The summed E-state index contributed by atoms with van der Waals surface area (Å²) in [7, 11) is 0. The normalized spacial score (nSPS) is 11.2. The van der Waals surface area contributed by atoms with Crippen LogP contribution in [0.3, 0.4) is 0 Å². The summed E-state index contributed by atoms with van der Waals surface area (Å²) < 4.78 is 37.1. The second-order valence-electron chi connectivity index (χ2n) is 1.52. The molecule has 0 amide bonds. The molecule has 0 saturated heterocycles. The van der Waals surface area contributed by atoms with Crippen molar-refractivity contribution in [2.75, 3.05) is 0 Å². The maximum atomic E-state index is 9.83. The molecule has 0 atom stereocenters. The Morgan fingerprint density at radius 2 is 1.62 bits per heavy atom. The molecule has 0 heterocycles. The summed E-state index contributed by atoms with van der Waals surface area (Å²) in [6.45, 7) is 0. The van der Waals surface area contributed by atoms with Crippen LogP contribution in [0.5, 0.6) is 0 Å². The third-order valence-corrected chi connectivity index (χ3v) is 15.8. The molecule has 0 fully saturated rings. The maximum absolute atomic E-state index is 9.83. The van der Waals surface area contributed by atoms with Gasteiger partial charge < -0.3 is 0 Å². The average Bonchev–Trinajstić information content (AvgIpc) is 1.21. The minimum absolute atomic E-state index is 1.71. The Balaban J connectivity index is 3.96. The predicted octanol–water partition coefficient (Wildman–Crippen LogP) is 0.359. The summed E-state index contributed by atoms with van der Waals surface area (Å²) in [6.07, 6.45) is 0. The van der Waals surface area contributed by atoms with Crippen molar-refractivity contribution >= 4 is 21.9 Å². The predicted molar refractivity (Wildman–Crippen MR) is 20.6 cm³/mol. The molecule has 0 unspecified atom stereocenters. The first kappa shape index (κ1) is 8.89. The van der Waals surface area contributed by atoms with Gasteiger partial charge in [-0.3, -0.25) is 0 Å². The minimum atomic E-state index is -5.44. The molecule has 48 valence electrons. The Bertz CT molecular complexity index is 181. The van der Waals surface area contributed by atoms with Gasteiger partial charge in [-0.05, 0) is 0 Å². The Hall–Kier alpha value is 0.892. The number of hydrogen-bond donors (Lipinski definition) is 0. The molecule has 0 spiro atoms. The van der Waals surface area contributed by atoms with Gasteiger partial charge in [0.25, 0.3) is 0 Å². The SMILES string of the molecule is [CH3][In]([CH3])[O][Re](=[O])(=[O])=[O]. The van der Waals surface area contributed by atoms with Crippen molar-refractivity contribution in [3.8, 4) is 0 Å².